The van der Waals surface area contributed by atoms with Gasteiger partial charge in [-0.15, -0.1) is 0 Å². The van der Waals surface area contributed by atoms with E-state index in [1.807, 2.05) is 36.4 Å². The lowest BCUT2D eigenvalue weighted by molar-refractivity contribution is 0.305. The van der Waals surface area contributed by atoms with Gasteiger partial charge in [-0.3, -0.25) is 4.98 Å². The zero-order chi connectivity index (χ0) is 17.3. The molecule has 1 fully saturated rings. The summed E-state index contributed by atoms with van der Waals surface area (Å²) in [4.78, 5) is 8.85. The minimum atomic E-state index is -0.269. The van der Waals surface area contributed by atoms with E-state index in [1.54, 1.807) is 24.5 Å². The minimum Gasteiger partial charge on any atom is -0.364 e. The van der Waals surface area contributed by atoms with Gasteiger partial charge in [0.15, 0.2) is 0 Å². The van der Waals surface area contributed by atoms with Crippen molar-refractivity contribution in [2.45, 2.75) is 31.7 Å². The first-order valence-corrected chi connectivity index (χ1v) is 8.59. The fraction of sp³-hybridized carbons (Fsp3) is 0.238. The molecule has 0 aliphatic heterocycles. The summed E-state index contributed by atoms with van der Waals surface area (Å²) in [5.41, 5.74) is 2.55. The lowest BCUT2D eigenvalue weighted by atomic mass is 9.78. The molecular weight excluding hydrogens is 313 g/mol. The largest absolute Gasteiger partial charge is 0.364 e. The van der Waals surface area contributed by atoms with Crippen LogP contribution in [0.3, 0.4) is 0 Å². The molecule has 25 heavy (non-hydrogen) atoms. The monoisotopic (exact) mass is 333 g/mol. The van der Waals surface area contributed by atoms with Crippen LogP contribution in [0.15, 0.2) is 60.9 Å². The summed E-state index contributed by atoms with van der Waals surface area (Å²) >= 11 is 0. The van der Waals surface area contributed by atoms with Crippen molar-refractivity contribution in [3.63, 3.8) is 0 Å². The summed E-state index contributed by atoms with van der Waals surface area (Å²) in [6.07, 6.45) is 6.85. The Labute approximate surface area is 147 Å². The summed E-state index contributed by atoms with van der Waals surface area (Å²) in [6, 6.07) is 14.9. The van der Waals surface area contributed by atoms with E-state index in [-0.39, 0.29) is 11.4 Å². The fourth-order valence-electron chi connectivity index (χ4n) is 3.24. The number of benzene rings is 2. The average Bonchev–Trinajstić information content (AvgIpc) is 2.62. The van der Waals surface area contributed by atoms with E-state index in [4.69, 9.17) is 0 Å². The van der Waals surface area contributed by atoms with Crippen LogP contribution in [0.4, 0.5) is 10.2 Å². The van der Waals surface area contributed by atoms with Crippen LogP contribution in [-0.4, -0.2) is 15.5 Å². The predicted molar refractivity (Wildman–Crippen MR) is 98.7 cm³/mol. The van der Waals surface area contributed by atoms with Crippen LogP contribution >= 0.6 is 0 Å². The fourth-order valence-corrected chi connectivity index (χ4v) is 3.24. The predicted octanol–water partition coefficient (Wildman–Crippen LogP) is 5.30. The smallest absolute Gasteiger partial charge is 0.144 e. The van der Waals surface area contributed by atoms with E-state index in [0.29, 0.717) is 16.8 Å². The van der Waals surface area contributed by atoms with Crippen molar-refractivity contribution in [1.82, 2.24) is 9.97 Å². The Kier molecular flexibility index (Phi) is 3.96. The number of hydrogen-bond acceptors (Lipinski definition) is 3. The van der Waals surface area contributed by atoms with Crippen LogP contribution in [0.25, 0.3) is 22.4 Å². The van der Waals surface area contributed by atoms with Crippen LogP contribution in [-0.2, 0) is 0 Å². The standard InChI is InChI=1S/C21H20FN3/c1-21(11-6-12-21)25-19-14-23-18(13-24-19)17-10-5-9-16(20(17)22)15-7-3-2-4-8-15/h2-5,7-10,13-14H,6,11-12H2,1H3,(H,24,25). The Hall–Kier alpha value is -2.75. The first kappa shape index (κ1) is 15.8. The summed E-state index contributed by atoms with van der Waals surface area (Å²) < 4.78 is 15.0. The Morgan fingerprint density at radius 1 is 0.920 bits per heavy atom. The summed E-state index contributed by atoms with van der Waals surface area (Å²) in [5.74, 6) is 0.472. The second-order valence-corrected chi connectivity index (χ2v) is 6.86. The maximum absolute atomic E-state index is 15.0. The number of halogens is 1. The SMILES string of the molecule is CC1(Nc2cnc(-c3cccc(-c4ccccc4)c3F)cn2)CCC1. The topological polar surface area (TPSA) is 37.8 Å². The molecule has 1 aromatic heterocycles. The van der Waals surface area contributed by atoms with Gasteiger partial charge in [-0.05, 0) is 37.8 Å². The summed E-state index contributed by atoms with van der Waals surface area (Å²) in [5, 5.41) is 3.42. The quantitative estimate of drug-likeness (QED) is 0.703. The van der Waals surface area contributed by atoms with Gasteiger partial charge in [0.2, 0.25) is 0 Å². The second-order valence-electron chi connectivity index (χ2n) is 6.86. The van der Waals surface area contributed by atoms with Gasteiger partial charge in [-0.25, -0.2) is 9.37 Å². The van der Waals surface area contributed by atoms with Gasteiger partial charge >= 0.3 is 0 Å². The maximum Gasteiger partial charge on any atom is 0.144 e. The Morgan fingerprint density at radius 2 is 1.68 bits per heavy atom. The second kappa shape index (κ2) is 6.28. The highest BCUT2D eigenvalue weighted by molar-refractivity contribution is 5.72. The van der Waals surface area contributed by atoms with Gasteiger partial charge in [-0.1, -0.05) is 42.5 Å². The van der Waals surface area contributed by atoms with E-state index in [0.717, 1.165) is 24.2 Å². The first-order valence-electron chi connectivity index (χ1n) is 8.59. The number of aromatic nitrogens is 2. The highest BCUT2D eigenvalue weighted by atomic mass is 19.1. The minimum absolute atomic E-state index is 0.120. The Balaban J connectivity index is 1.64. The van der Waals surface area contributed by atoms with Crippen molar-refractivity contribution in [2.24, 2.45) is 0 Å². The zero-order valence-corrected chi connectivity index (χ0v) is 14.2. The van der Waals surface area contributed by atoms with Crippen molar-refractivity contribution in [3.05, 3.63) is 66.7 Å². The third-order valence-corrected chi connectivity index (χ3v) is 4.90. The van der Waals surface area contributed by atoms with E-state index in [2.05, 4.69) is 22.2 Å². The van der Waals surface area contributed by atoms with Gasteiger partial charge in [-0.2, -0.15) is 0 Å². The molecule has 0 atom stereocenters. The molecule has 2 aromatic carbocycles. The zero-order valence-electron chi connectivity index (χ0n) is 14.2. The normalized spacial score (nSPS) is 15.4. The molecule has 3 aromatic rings. The number of anilines is 1. The van der Waals surface area contributed by atoms with Gasteiger partial charge < -0.3 is 5.32 Å². The molecular formula is C21H20FN3. The van der Waals surface area contributed by atoms with Crippen molar-refractivity contribution in [1.29, 1.82) is 0 Å². The van der Waals surface area contributed by atoms with Gasteiger partial charge in [0.05, 0.1) is 18.1 Å². The maximum atomic E-state index is 15.0. The number of rotatable bonds is 4. The van der Waals surface area contributed by atoms with Crippen LogP contribution in [0, 0.1) is 5.82 Å². The lowest BCUT2D eigenvalue weighted by Gasteiger charge is -2.39. The molecule has 1 N–H and O–H groups in total. The molecule has 0 bridgehead atoms. The molecule has 0 saturated heterocycles. The van der Waals surface area contributed by atoms with E-state index < -0.39 is 0 Å². The van der Waals surface area contributed by atoms with Crippen LogP contribution in [0.2, 0.25) is 0 Å². The summed E-state index contributed by atoms with van der Waals surface area (Å²) in [6.45, 7) is 2.19. The molecule has 0 amide bonds. The Morgan fingerprint density at radius 3 is 2.32 bits per heavy atom. The van der Waals surface area contributed by atoms with Gasteiger partial charge in [0, 0.05) is 16.7 Å². The highest BCUT2D eigenvalue weighted by Crippen LogP contribution is 2.34. The van der Waals surface area contributed by atoms with Crippen LogP contribution < -0.4 is 5.32 Å². The molecule has 3 nitrogen and oxygen atoms in total. The van der Waals surface area contributed by atoms with Gasteiger partial charge in [0.25, 0.3) is 0 Å². The number of hydrogen-bond donors (Lipinski definition) is 1. The molecule has 0 spiro atoms. The van der Waals surface area contributed by atoms with Crippen molar-refractivity contribution in [2.75, 3.05) is 5.32 Å². The molecule has 4 rings (SSSR count). The van der Waals surface area contributed by atoms with E-state index in [1.165, 1.54) is 6.42 Å². The van der Waals surface area contributed by atoms with Crippen molar-refractivity contribution in [3.8, 4) is 22.4 Å². The molecule has 4 heteroatoms. The molecule has 0 radical (unpaired) electrons. The third-order valence-electron chi connectivity index (χ3n) is 4.90. The molecule has 1 heterocycles. The van der Waals surface area contributed by atoms with Crippen LogP contribution in [0.1, 0.15) is 26.2 Å². The molecule has 1 saturated carbocycles. The average molecular weight is 333 g/mol. The molecule has 1 aliphatic rings. The highest BCUT2D eigenvalue weighted by Gasteiger charge is 2.31. The molecule has 0 unspecified atom stereocenters. The lowest BCUT2D eigenvalue weighted by Crippen LogP contribution is -2.41. The molecule has 126 valence electrons. The van der Waals surface area contributed by atoms with E-state index in [9.17, 15) is 4.39 Å². The first-order chi connectivity index (χ1) is 12.1. The van der Waals surface area contributed by atoms with Crippen molar-refractivity contribution < 1.29 is 4.39 Å². The molecule has 1 aliphatic carbocycles. The third kappa shape index (κ3) is 3.12. The Bertz CT molecular complexity index is 871. The van der Waals surface area contributed by atoms with Gasteiger partial charge in [0.1, 0.15) is 11.6 Å². The van der Waals surface area contributed by atoms with Crippen LogP contribution in [0.5, 0.6) is 0 Å². The number of nitrogens with one attached hydrogen (secondary N) is 1. The van der Waals surface area contributed by atoms with Crippen molar-refractivity contribution >= 4 is 5.82 Å². The van der Waals surface area contributed by atoms with E-state index >= 15 is 0 Å². The number of nitrogens with zero attached hydrogens (tertiary/aromatic N) is 2. The summed E-state index contributed by atoms with van der Waals surface area (Å²) in [7, 11) is 0.